The van der Waals surface area contributed by atoms with Crippen molar-refractivity contribution < 1.29 is 33.1 Å². The average Bonchev–Trinajstić information content (AvgIpc) is 2.90. The van der Waals surface area contributed by atoms with Crippen LogP contribution in [0.5, 0.6) is 11.6 Å². The molecule has 0 atom stereocenters. The number of unbranched alkanes of at least 4 members (excludes halogenated alkanes) is 7. The molecule has 0 aliphatic rings. The van der Waals surface area contributed by atoms with Gasteiger partial charge in [0.05, 0.1) is 20.3 Å². The lowest BCUT2D eigenvalue weighted by Crippen LogP contribution is -2.33. The van der Waals surface area contributed by atoms with E-state index in [0.717, 1.165) is 23.3 Å². The molecular formula is C28H43N2O7P. The summed E-state index contributed by atoms with van der Waals surface area (Å²) in [5, 5.41) is 0. The molecule has 1 amide bonds. The van der Waals surface area contributed by atoms with Gasteiger partial charge >= 0.3 is 7.82 Å². The Labute approximate surface area is 226 Å². The molecule has 2 rings (SSSR count). The van der Waals surface area contributed by atoms with Gasteiger partial charge < -0.3 is 24.2 Å². The van der Waals surface area contributed by atoms with Crippen LogP contribution >= 0.6 is 7.82 Å². The van der Waals surface area contributed by atoms with Crippen molar-refractivity contribution in [3.63, 3.8) is 0 Å². The zero-order chi connectivity index (χ0) is 27.6. The van der Waals surface area contributed by atoms with Gasteiger partial charge in [-0.3, -0.25) is 9.32 Å². The zero-order valence-corrected chi connectivity index (χ0v) is 23.6. The number of nitrogens with zero attached hydrogens (tertiary/aromatic N) is 2. The number of aryl methyl sites for hydroxylation is 1. The maximum atomic E-state index is 13.0. The van der Waals surface area contributed by atoms with Crippen molar-refractivity contribution in [3.05, 3.63) is 53.7 Å². The van der Waals surface area contributed by atoms with Gasteiger partial charge in [0.25, 0.3) is 0 Å². The molecule has 0 aliphatic carbocycles. The summed E-state index contributed by atoms with van der Waals surface area (Å²) in [5.41, 5.74) is 1.76. The number of phosphoric acid groups is 1. The minimum Gasteiger partial charge on any atom is -0.494 e. The maximum Gasteiger partial charge on any atom is 0.469 e. The minimum absolute atomic E-state index is 0.0394. The van der Waals surface area contributed by atoms with Crippen LogP contribution in [0.4, 0.5) is 0 Å². The van der Waals surface area contributed by atoms with Crippen molar-refractivity contribution in [1.82, 2.24) is 9.88 Å². The summed E-state index contributed by atoms with van der Waals surface area (Å²) in [4.78, 5) is 36.7. The van der Waals surface area contributed by atoms with Crippen LogP contribution in [0.15, 0.2) is 42.6 Å². The Kier molecular flexibility index (Phi) is 15.0. The van der Waals surface area contributed by atoms with Gasteiger partial charge in [0.2, 0.25) is 11.8 Å². The number of benzene rings is 1. The Hall–Kier alpha value is -2.45. The molecule has 0 spiro atoms. The average molecular weight is 551 g/mol. The van der Waals surface area contributed by atoms with Gasteiger partial charge in [0.15, 0.2) is 0 Å². The summed E-state index contributed by atoms with van der Waals surface area (Å²) in [7, 11) is -3.10. The largest absolute Gasteiger partial charge is 0.494 e. The van der Waals surface area contributed by atoms with E-state index >= 15 is 0 Å². The number of carbonyl (C=O) groups is 1. The van der Waals surface area contributed by atoms with Crippen LogP contribution in [0, 0.1) is 0 Å². The molecule has 1 aromatic heterocycles. The Bertz CT molecular complexity index is 981. The molecule has 9 nitrogen and oxygen atoms in total. The second kappa shape index (κ2) is 17.9. The highest BCUT2D eigenvalue weighted by molar-refractivity contribution is 7.46. The molecule has 0 bridgehead atoms. The van der Waals surface area contributed by atoms with E-state index in [-0.39, 0.29) is 32.0 Å². The quantitative estimate of drug-likeness (QED) is 0.160. The van der Waals surface area contributed by atoms with E-state index in [0.29, 0.717) is 18.9 Å². The van der Waals surface area contributed by atoms with Gasteiger partial charge in [-0.1, -0.05) is 70.1 Å². The summed E-state index contributed by atoms with van der Waals surface area (Å²) in [6.45, 7) is 2.91. The highest BCUT2D eigenvalue weighted by Gasteiger charge is 2.18. The molecule has 2 aromatic rings. The summed E-state index contributed by atoms with van der Waals surface area (Å²) in [5.74, 6) is 1.11. The first kappa shape index (κ1) is 31.8. The van der Waals surface area contributed by atoms with Crippen molar-refractivity contribution in [1.29, 1.82) is 0 Å². The molecule has 1 heterocycles. The zero-order valence-electron chi connectivity index (χ0n) is 22.7. The number of phosphoric ester groups is 1. The number of hydrogen-bond acceptors (Lipinski definition) is 6. The second-order valence-corrected chi connectivity index (χ2v) is 10.6. The molecular weight excluding hydrogens is 507 g/mol. The number of ether oxygens (including phenoxy) is 2. The number of amides is 1. The van der Waals surface area contributed by atoms with E-state index in [9.17, 15) is 9.36 Å². The number of hydrogen-bond donors (Lipinski definition) is 2. The summed E-state index contributed by atoms with van der Waals surface area (Å²) in [6.07, 6.45) is 12.4. The van der Waals surface area contributed by atoms with Gasteiger partial charge in [0.1, 0.15) is 5.75 Å². The molecule has 38 heavy (non-hydrogen) atoms. The Morgan fingerprint density at radius 2 is 1.71 bits per heavy atom. The highest BCUT2D eigenvalue weighted by Crippen LogP contribution is 2.35. The van der Waals surface area contributed by atoms with E-state index in [2.05, 4.69) is 16.4 Å². The number of rotatable bonds is 20. The minimum atomic E-state index is -4.62. The normalized spacial score (nSPS) is 11.4. The summed E-state index contributed by atoms with van der Waals surface area (Å²) >= 11 is 0. The fraction of sp³-hybridized carbons (Fsp3) is 0.571. The molecule has 0 unspecified atom stereocenters. The van der Waals surface area contributed by atoms with Crippen LogP contribution in [-0.2, 0) is 26.8 Å². The lowest BCUT2D eigenvalue weighted by Gasteiger charge is -2.23. The molecule has 0 radical (unpaired) electrons. The van der Waals surface area contributed by atoms with Crippen LogP contribution in [0.1, 0.15) is 75.8 Å². The number of carbonyl (C=O) groups excluding carboxylic acids is 1. The van der Waals surface area contributed by atoms with Gasteiger partial charge in [-0.2, -0.15) is 0 Å². The third-order valence-corrected chi connectivity index (χ3v) is 6.67. The van der Waals surface area contributed by atoms with Gasteiger partial charge in [0, 0.05) is 31.8 Å². The van der Waals surface area contributed by atoms with Crippen LogP contribution < -0.4 is 9.47 Å². The molecule has 1 aromatic carbocycles. The van der Waals surface area contributed by atoms with Crippen LogP contribution in [0.25, 0.3) is 0 Å². The van der Waals surface area contributed by atoms with Crippen molar-refractivity contribution in [2.24, 2.45) is 0 Å². The lowest BCUT2D eigenvalue weighted by molar-refractivity contribution is -0.132. The van der Waals surface area contributed by atoms with Crippen molar-refractivity contribution in [2.45, 2.75) is 77.7 Å². The monoisotopic (exact) mass is 550 g/mol. The molecule has 0 saturated carbocycles. The Morgan fingerprint density at radius 1 is 0.974 bits per heavy atom. The van der Waals surface area contributed by atoms with Crippen LogP contribution in [0.3, 0.4) is 0 Å². The fourth-order valence-corrected chi connectivity index (χ4v) is 4.35. The lowest BCUT2D eigenvalue weighted by atomic mass is 10.1. The van der Waals surface area contributed by atoms with E-state index in [1.807, 2.05) is 24.3 Å². The van der Waals surface area contributed by atoms with Crippen molar-refractivity contribution >= 4 is 13.7 Å². The first-order valence-electron chi connectivity index (χ1n) is 13.5. The van der Waals surface area contributed by atoms with Gasteiger partial charge in [-0.15, -0.1) is 0 Å². The predicted molar refractivity (Wildman–Crippen MR) is 147 cm³/mol. The Balaban J connectivity index is 1.83. The smallest absolute Gasteiger partial charge is 0.469 e. The number of pyridine rings is 1. The molecule has 0 fully saturated rings. The van der Waals surface area contributed by atoms with E-state index in [1.165, 1.54) is 57.0 Å². The second-order valence-electron chi connectivity index (χ2n) is 9.32. The SMILES string of the molecule is CCCCCCCCCCOc1cccc(CCC(=O)N(CCOP(=O)(O)O)Cc2ccc(OC)nc2)c1. The Morgan fingerprint density at radius 3 is 2.37 bits per heavy atom. The highest BCUT2D eigenvalue weighted by atomic mass is 31.2. The number of methoxy groups -OCH3 is 1. The number of aromatic nitrogens is 1. The molecule has 212 valence electrons. The fourth-order valence-electron chi connectivity index (χ4n) is 4.03. The standard InChI is InChI=1S/C28H43N2O7P/c1-3-4-5-6-7-8-9-10-19-36-26-13-11-12-24(21-26)15-17-28(31)30(18-20-37-38(32,33)34)23-25-14-16-27(35-2)29-22-25/h11-14,16,21-22H,3-10,15,17-20,23H2,1-2H3,(H2,32,33,34). The molecule has 0 aliphatic heterocycles. The van der Waals surface area contributed by atoms with Crippen molar-refractivity contribution in [3.8, 4) is 11.6 Å². The summed E-state index contributed by atoms with van der Waals surface area (Å²) < 4.78 is 26.6. The van der Waals surface area contributed by atoms with E-state index in [1.54, 1.807) is 18.3 Å². The molecule has 0 saturated heterocycles. The van der Waals surface area contributed by atoms with Crippen LogP contribution in [-0.4, -0.2) is 52.4 Å². The van der Waals surface area contributed by atoms with Crippen molar-refractivity contribution in [2.75, 3.05) is 26.9 Å². The van der Waals surface area contributed by atoms with E-state index < -0.39 is 7.82 Å². The van der Waals surface area contributed by atoms with Crippen LogP contribution in [0.2, 0.25) is 0 Å². The topological polar surface area (TPSA) is 118 Å². The maximum absolute atomic E-state index is 13.0. The first-order valence-corrected chi connectivity index (χ1v) is 15.0. The van der Waals surface area contributed by atoms with Gasteiger partial charge in [-0.05, 0) is 36.1 Å². The molecule has 10 heteroatoms. The third-order valence-electron chi connectivity index (χ3n) is 6.15. The first-order chi connectivity index (χ1) is 18.3. The van der Waals surface area contributed by atoms with E-state index in [4.69, 9.17) is 19.3 Å². The predicted octanol–water partition coefficient (Wildman–Crippen LogP) is 5.68. The third kappa shape index (κ3) is 13.9. The van der Waals surface area contributed by atoms with Gasteiger partial charge in [-0.25, -0.2) is 9.55 Å². The molecule has 2 N–H and O–H groups in total. The summed E-state index contributed by atoms with van der Waals surface area (Å²) in [6, 6.07) is 11.3.